The van der Waals surface area contributed by atoms with Crippen LogP contribution in [0.5, 0.6) is 0 Å². The summed E-state index contributed by atoms with van der Waals surface area (Å²) in [6, 6.07) is 0. The van der Waals surface area contributed by atoms with E-state index in [0.717, 1.165) is 19.3 Å². The maximum Gasteiger partial charge on any atom is 0.354 e. The number of hydrogen-bond donors (Lipinski definition) is 1. The van der Waals surface area contributed by atoms with E-state index in [-0.39, 0.29) is 16.8 Å². The fraction of sp³-hybridized carbons (Fsp3) is 0.444. The summed E-state index contributed by atoms with van der Waals surface area (Å²) < 4.78 is 0. The van der Waals surface area contributed by atoms with Crippen molar-refractivity contribution in [3.8, 4) is 0 Å². The molecule has 1 aromatic heterocycles. The van der Waals surface area contributed by atoms with Gasteiger partial charge in [-0.05, 0) is 18.8 Å². The topological polar surface area (TPSA) is 63.1 Å². The SMILES string of the molecule is O=C(O)c1ncnc(Cl)c1C1CCC1. The third-order valence-electron chi connectivity index (χ3n) is 2.55. The molecule has 0 radical (unpaired) electrons. The molecule has 0 saturated heterocycles. The molecule has 1 fully saturated rings. The Balaban J connectivity index is 2.47. The van der Waals surface area contributed by atoms with Crippen LogP contribution in [0.1, 0.15) is 41.2 Å². The average Bonchev–Trinajstić information content (AvgIpc) is 2.04. The van der Waals surface area contributed by atoms with E-state index in [1.807, 2.05) is 0 Å². The van der Waals surface area contributed by atoms with Crippen LogP contribution < -0.4 is 0 Å². The zero-order valence-electron chi connectivity index (χ0n) is 7.40. The number of aromatic nitrogens is 2. The number of carboxylic acid groups (broad SMARTS) is 1. The van der Waals surface area contributed by atoms with Gasteiger partial charge < -0.3 is 5.11 Å². The van der Waals surface area contributed by atoms with Gasteiger partial charge in [0.15, 0.2) is 5.69 Å². The monoisotopic (exact) mass is 212 g/mol. The summed E-state index contributed by atoms with van der Waals surface area (Å²) in [5.74, 6) is -0.800. The average molecular weight is 213 g/mol. The van der Waals surface area contributed by atoms with Crippen LogP contribution in [-0.2, 0) is 0 Å². The lowest BCUT2D eigenvalue weighted by atomic mass is 9.80. The van der Waals surface area contributed by atoms with Crippen molar-refractivity contribution < 1.29 is 9.90 Å². The van der Waals surface area contributed by atoms with Crippen molar-refractivity contribution >= 4 is 17.6 Å². The Hall–Kier alpha value is -1.16. The molecule has 1 aromatic rings. The molecule has 1 saturated carbocycles. The lowest BCUT2D eigenvalue weighted by Gasteiger charge is -2.26. The van der Waals surface area contributed by atoms with E-state index in [2.05, 4.69) is 9.97 Å². The minimum absolute atomic E-state index is 0.0506. The number of hydrogen-bond acceptors (Lipinski definition) is 3. The Bertz CT molecular complexity index is 377. The van der Waals surface area contributed by atoms with Crippen molar-refractivity contribution in [1.29, 1.82) is 0 Å². The van der Waals surface area contributed by atoms with Crippen LogP contribution in [0.25, 0.3) is 0 Å². The zero-order valence-corrected chi connectivity index (χ0v) is 8.16. The zero-order chi connectivity index (χ0) is 10.1. The van der Waals surface area contributed by atoms with E-state index < -0.39 is 5.97 Å². The van der Waals surface area contributed by atoms with Crippen molar-refractivity contribution in [2.75, 3.05) is 0 Å². The predicted octanol–water partition coefficient (Wildman–Crippen LogP) is 2.10. The van der Waals surface area contributed by atoms with Gasteiger partial charge in [0.05, 0.1) is 0 Å². The molecule has 0 spiro atoms. The summed E-state index contributed by atoms with van der Waals surface area (Å²) in [6.07, 6.45) is 4.27. The van der Waals surface area contributed by atoms with Crippen molar-refractivity contribution in [3.63, 3.8) is 0 Å². The van der Waals surface area contributed by atoms with Gasteiger partial charge in [-0.2, -0.15) is 0 Å². The first-order valence-corrected chi connectivity index (χ1v) is 4.81. The number of halogens is 1. The largest absolute Gasteiger partial charge is 0.476 e. The number of aromatic carboxylic acids is 1. The lowest BCUT2D eigenvalue weighted by molar-refractivity contribution is 0.0687. The third-order valence-corrected chi connectivity index (χ3v) is 2.85. The highest BCUT2D eigenvalue weighted by molar-refractivity contribution is 6.30. The smallest absolute Gasteiger partial charge is 0.354 e. The number of carbonyl (C=O) groups is 1. The van der Waals surface area contributed by atoms with Gasteiger partial charge >= 0.3 is 5.97 Å². The molecule has 1 aliphatic carbocycles. The van der Waals surface area contributed by atoms with Crippen LogP contribution in [0.4, 0.5) is 0 Å². The highest BCUT2D eigenvalue weighted by Gasteiger charge is 2.28. The molecule has 0 aliphatic heterocycles. The molecule has 5 heteroatoms. The molecule has 1 N–H and O–H groups in total. The van der Waals surface area contributed by atoms with E-state index in [0.29, 0.717) is 5.56 Å². The molecule has 14 heavy (non-hydrogen) atoms. The molecule has 0 atom stereocenters. The summed E-state index contributed by atoms with van der Waals surface area (Å²) in [4.78, 5) is 18.4. The molecule has 0 bridgehead atoms. The summed E-state index contributed by atoms with van der Waals surface area (Å²) in [7, 11) is 0. The van der Waals surface area contributed by atoms with Crippen molar-refractivity contribution in [1.82, 2.24) is 9.97 Å². The summed E-state index contributed by atoms with van der Waals surface area (Å²) in [6.45, 7) is 0. The second-order valence-corrected chi connectivity index (χ2v) is 3.72. The molecule has 1 heterocycles. The first-order valence-electron chi connectivity index (χ1n) is 4.44. The molecule has 0 aromatic carbocycles. The molecule has 0 unspecified atom stereocenters. The van der Waals surface area contributed by atoms with Gasteiger partial charge in [-0.3, -0.25) is 0 Å². The summed E-state index contributed by atoms with van der Waals surface area (Å²) in [5, 5.41) is 9.19. The standard InChI is InChI=1S/C9H9ClN2O2/c10-8-6(5-2-1-3-5)7(9(13)14)11-4-12-8/h4-5H,1-3H2,(H,13,14). The second-order valence-electron chi connectivity index (χ2n) is 3.36. The highest BCUT2D eigenvalue weighted by Crippen LogP contribution is 2.40. The molecule has 0 amide bonds. The maximum absolute atomic E-state index is 10.9. The minimum atomic E-state index is -1.03. The van der Waals surface area contributed by atoms with Crippen LogP contribution in [0.3, 0.4) is 0 Å². The van der Waals surface area contributed by atoms with Crippen molar-refractivity contribution in [2.45, 2.75) is 25.2 Å². The van der Waals surface area contributed by atoms with E-state index in [1.165, 1.54) is 6.33 Å². The summed E-state index contributed by atoms with van der Waals surface area (Å²) >= 11 is 5.87. The second kappa shape index (κ2) is 3.53. The first-order chi connectivity index (χ1) is 6.70. The Morgan fingerprint density at radius 1 is 1.50 bits per heavy atom. The quantitative estimate of drug-likeness (QED) is 0.763. The third kappa shape index (κ3) is 1.46. The fourth-order valence-electron chi connectivity index (χ4n) is 1.60. The number of rotatable bonds is 2. The van der Waals surface area contributed by atoms with Crippen LogP contribution in [-0.4, -0.2) is 21.0 Å². The first kappa shape index (κ1) is 9.40. The number of nitrogens with zero attached hydrogens (tertiary/aromatic N) is 2. The molecule has 1 aliphatic rings. The van der Waals surface area contributed by atoms with Gasteiger partial charge in [-0.1, -0.05) is 18.0 Å². The number of carboxylic acids is 1. The van der Waals surface area contributed by atoms with Gasteiger partial charge in [0, 0.05) is 5.56 Å². The van der Waals surface area contributed by atoms with E-state index in [1.54, 1.807) is 0 Å². The van der Waals surface area contributed by atoms with E-state index >= 15 is 0 Å². The van der Waals surface area contributed by atoms with Crippen LogP contribution in [0, 0.1) is 0 Å². The van der Waals surface area contributed by atoms with E-state index in [9.17, 15) is 4.79 Å². The molecule has 74 valence electrons. The van der Waals surface area contributed by atoms with Gasteiger partial charge in [-0.15, -0.1) is 0 Å². The maximum atomic E-state index is 10.9. The van der Waals surface area contributed by atoms with Crippen LogP contribution in [0.2, 0.25) is 5.15 Å². The minimum Gasteiger partial charge on any atom is -0.476 e. The van der Waals surface area contributed by atoms with Crippen molar-refractivity contribution in [2.24, 2.45) is 0 Å². The molecular weight excluding hydrogens is 204 g/mol. The Kier molecular flexibility index (Phi) is 2.37. The highest BCUT2D eigenvalue weighted by atomic mass is 35.5. The summed E-state index contributed by atoms with van der Waals surface area (Å²) in [5.41, 5.74) is 0.655. The fourth-order valence-corrected chi connectivity index (χ4v) is 1.89. The van der Waals surface area contributed by atoms with Gasteiger partial charge in [0.2, 0.25) is 0 Å². The molecule has 2 rings (SSSR count). The van der Waals surface area contributed by atoms with E-state index in [4.69, 9.17) is 16.7 Å². The van der Waals surface area contributed by atoms with Gasteiger partial charge in [-0.25, -0.2) is 14.8 Å². The van der Waals surface area contributed by atoms with Crippen LogP contribution >= 0.6 is 11.6 Å². The Morgan fingerprint density at radius 2 is 2.21 bits per heavy atom. The van der Waals surface area contributed by atoms with Crippen molar-refractivity contribution in [3.05, 3.63) is 22.7 Å². The molecular formula is C9H9ClN2O2. The predicted molar refractivity (Wildman–Crippen MR) is 50.6 cm³/mol. The molecule has 4 nitrogen and oxygen atoms in total. The normalized spacial score (nSPS) is 16.4. The lowest BCUT2D eigenvalue weighted by Crippen LogP contribution is -2.16. The van der Waals surface area contributed by atoms with Gasteiger partial charge in [0.25, 0.3) is 0 Å². The Labute approximate surface area is 85.9 Å². The van der Waals surface area contributed by atoms with Crippen LogP contribution in [0.15, 0.2) is 6.33 Å². The van der Waals surface area contributed by atoms with Gasteiger partial charge in [0.1, 0.15) is 11.5 Å². The Morgan fingerprint density at radius 3 is 2.71 bits per heavy atom.